The van der Waals surface area contributed by atoms with Crippen LogP contribution >= 0.6 is 0 Å². The molecule has 1 fully saturated rings. The summed E-state index contributed by atoms with van der Waals surface area (Å²) in [6.45, 7) is 5.88. The Balaban J connectivity index is 2.41. The van der Waals surface area contributed by atoms with Crippen LogP contribution in [-0.2, 0) is 0 Å². The second kappa shape index (κ2) is 3.73. The lowest BCUT2D eigenvalue weighted by Gasteiger charge is -2.32. The molecule has 1 rings (SSSR count). The fraction of sp³-hybridized carbons (Fsp3) is 1.00. The van der Waals surface area contributed by atoms with Gasteiger partial charge in [-0.2, -0.15) is 0 Å². The third-order valence-electron chi connectivity index (χ3n) is 2.71. The Morgan fingerprint density at radius 1 is 1.50 bits per heavy atom. The van der Waals surface area contributed by atoms with E-state index in [0.29, 0.717) is 6.54 Å². The Hall–Kier alpha value is -0.120. The number of hydrogen-bond acceptors (Lipinski definition) is 3. The van der Waals surface area contributed by atoms with Gasteiger partial charge in [-0.05, 0) is 33.2 Å². The van der Waals surface area contributed by atoms with Crippen molar-refractivity contribution in [1.82, 2.24) is 4.90 Å². The van der Waals surface area contributed by atoms with E-state index in [1.165, 1.54) is 12.8 Å². The average Bonchev–Trinajstić information content (AvgIpc) is 2.31. The highest BCUT2D eigenvalue weighted by Gasteiger charge is 2.32. The summed E-state index contributed by atoms with van der Waals surface area (Å²) in [6, 6.07) is 0. The smallest absolute Gasteiger partial charge is 0.0897 e. The molecule has 72 valence electrons. The Morgan fingerprint density at radius 3 is 2.58 bits per heavy atom. The van der Waals surface area contributed by atoms with Crippen molar-refractivity contribution in [3.8, 4) is 0 Å². The lowest BCUT2D eigenvalue weighted by atomic mass is 10.0. The van der Waals surface area contributed by atoms with Gasteiger partial charge in [0.15, 0.2) is 0 Å². The van der Waals surface area contributed by atoms with Gasteiger partial charge in [-0.25, -0.2) is 0 Å². The number of hydrogen-bond donors (Lipinski definition) is 2. The molecule has 1 aliphatic rings. The van der Waals surface area contributed by atoms with Crippen molar-refractivity contribution in [2.24, 2.45) is 0 Å². The third kappa shape index (κ3) is 2.19. The van der Waals surface area contributed by atoms with Gasteiger partial charge in [-0.3, -0.25) is 4.90 Å². The molecule has 0 aliphatic carbocycles. The maximum atomic E-state index is 9.26. The fourth-order valence-corrected chi connectivity index (χ4v) is 1.81. The van der Waals surface area contributed by atoms with E-state index in [2.05, 4.69) is 18.7 Å². The highest BCUT2D eigenvalue weighted by molar-refractivity contribution is 4.88. The number of likely N-dealkylation sites (tertiary alicyclic amines) is 1. The highest BCUT2D eigenvalue weighted by Crippen LogP contribution is 2.27. The van der Waals surface area contributed by atoms with E-state index in [9.17, 15) is 5.11 Å². The SMILES string of the molecule is CC1(C)CCCN1CC(O)CO. The summed E-state index contributed by atoms with van der Waals surface area (Å²) < 4.78 is 0. The van der Waals surface area contributed by atoms with E-state index in [-0.39, 0.29) is 12.1 Å². The standard InChI is InChI=1S/C9H19NO2/c1-9(2)4-3-5-10(9)6-8(12)7-11/h8,11-12H,3-7H2,1-2H3. The Labute approximate surface area is 74.0 Å². The molecule has 1 heterocycles. The van der Waals surface area contributed by atoms with Crippen LogP contribution in [0.2, 0.25) is 0 Å². The molecule has 3 heteroatoms. The van der Waals surface area contributed by atoms with Gasteiger partial charge >= 0.3 is 0 Å². The minimum Gasteiger partial charge on any atom is -0.394 e. The van der Waals surface area contributed by atoms with E-state index < -0.39 is 6.10 Å². The third-order valence-corrected chi connectivity index (χ3v) is 2.71. The molecule has 0 radical (unpaired) electrons. The zero-order valence-electron chi connectivity index (χ0n) is 7.95. The van der Waals surface area contributed by atoms with Crippen molar-refractivity contribution < 1.29 is 10.2 Å². The first-order valence-corrected chi connectivity index (χ1v) is 4.60. The molecular formula is C9H19NO2. The molecule has 1 saturated heterocycles. The van der Waals surface area contributed by atoms with Crippen LogP contribution in [0.3, 0.4) is 0 Å². The number of β-amino-alcohol motifs (C(OH)–C–C–N with tert-alkyl or cyclic N) is 1. The van der Waals surface area contributed by atoms with Crippen LogP contribution in [0, 0.1) is 0 Å². The number of aliphatic hydroxyl groups is 2. The van der Waals surface area contributed by atoms with Gasteiger partial charge in [-0.15, -0.1) is 0 Å². The minimum absolute atomic E-state index is 0.132. The highest BCUT2D eigenvalue weighted by atomic mass is 16.3. The fourth-order valence-electron chi connectivity index (χ4n) is 1.81. The molecule has 0 aromatic carbocycles. The van der Waals surface area contributed by atoms with Gasteiger partial charge in [0.1, 0.15) is 0 Å². The quantitative estimate of drug-likeness (QED) is 0.641. The molecule has 12 heavy (non-hydrogen) atoms. The Bertz CT molecular complexity index is 147. The topological polar surface area (TPSA) is 43.7 Å². The van der Waals surface area contributed by atoms with Crippen molar-refractivity contribution in [1.29, 1.82) is 0 Å². The van der Waals surface area contributed by atoms with Crippen molar-refractivity contribution >= 4 is 0 Å². The van der Waals surface area contributed by atoms with Crippen molar-refractivity contribution in [2.45, 2.75) is 38.3 Å². The molecule has 1 unspecified atom stereocenters. The molecule has 0 saturated carbocycles. The lowest BCUT2D eigenvalue weighted by Crippen LogP contribution is -2.43. The summed E-state index contributed by atoms with van der Waals surface area (Å²) in [5, 5.41) is 17.9. The van der Waals surface area contributed by atoms with Crippen LogP contribution in [0.5, 0.6) is 0 Å². The van der Waals surface area contributed by atoms with Gasteiger partial charge in [-0.1, -0.05) is 0 Å². The van der Waals surface area contributed by atoms with Crippen LogP contribution in [0.25, 0.3) is 0 Å². The van der Waals surface area contributed by atoms with E-state index in [1.807, 2.05) is 0 Å². The van der Waals surface area contributed by atoms with E-state index >= 15 is 0 Å². The van der Waals surface area contributed by atoms with Gasteiger partial charge < -0.3 is 10.2 Å². The van der Waals surface area contributed by atoms with Crippen LogP contribution < -0.4 is 0 Å². The monoisotopic (exact) mass is 173 g/mol. The Kier molecular flexibility index (Phi) is 3.09. The minimum atomic E-state index is -0.581. The predicted octanol–water partition coefficient (Wildman–Crippen LogP) is 0.214. The maximum absolute atomic E-state index is 9.26. The molecule has 0 bridgehead atoms. The number of rotatable bonds is 3. The van der Waals surface area contributed by atoms with Crippen molar-refractivity contribution in [3.05, 3.63) is 0 Å². The van der Waals surface area contributed by atoms with Crippen LogP contribution in [0.4, 0.5) is 0 Å². The lowest BCUT2D eigenvalue weighted by molar-refractivity contribution is 0.0393. The molecule has 3 nitrogen and oxygen atoms in total. The molecule has 1 aliphatic heterocycles. The van der Waals surface area contributed by atoms with Crippen LogP contribution in [-0.4, -0.2) is 46.5 Å². The van der Waals surface area contributed by atoms with E-state index in [0.717, 1.165) is 6.54 Å². The molecule has 0 aromatic heterocycles. The molecule has 0 spiro atoms. The maximum Gasteiger partial charge on any atom is 0.0897 e. The van der Waals surface area contributed by atoms with E-state index in [1.54, 1.807) is 0 Å². The molecule has 1 atom stereocenters. The summed E-state index contributed by atoms with van der Waals surface area (Å²) in [7, 11) is 0. The molecule has 0 amide bonds. The van der Waals surface area contributed by atoms with Crippen LogP contribution in [0.15, 0.2) is 0 Å². The average molecular weight is 173 g/mol. The van der Waals surface area contributed by atoms with Gasteiger partial charge in [0, 0.05) is 12.1 Å². The van der Waals surface area contributed by atoms with E-state index in [4.69, 9.17) is 5.11 Å². The summed E-state index contributed by atoms with van der Waals surface area (Å²) in [4.78, 5) is 2.24. The molecule has 0 aromatic rings. The summed E-state index contributed by atoms with van der Waals surface area (Å²) >= 11 is 0. The van der Waals surface area contributed by atoms with Crippen LogP contribution in [0.1, 0.15) is 26.7 Å². The van der Waals surface area contributed by atoms with Gasteiger partial charge in [0.05, 0.1) is 12.7 Å². The second-order valence-corrected chi connectivity index (χ2v) is 4.20. The number of nitrogens with zero attached hydrogens (tertiary/aromatic N) is 1. The Morgan fingerprint density at radius 2 is 2.17 bits per heavy atom. The summed E-state index contributed by atoms with van der Waals surface area (Å²) in [5.41, 5.74) is 0.205. The number of aliphatic hydroxyl groups excluding tert-OH is 2. The molecular weight excluding hydrogens is 154 g/mol. The van der Waals surface area contributed by atoms with Gasteiger partial charge in [0.25, 0.3) is 0 Å². The largest absolute Gasteiger partial charge is 0.394 e. The first-order valence-electron chi connectivity index (χ1n) is 4.60. The van der Waals surface area contributed by atoms with Gasteiger partial charge in [0.2, 0.25) is 0 Å². The van der Waals surface area contributed by atoms with Crippen molar-refractivity contribution in [2.75, 3.05) is 19.7 Å². The van der Waals surface area contributed by atoms with Crippen molar-refractivity contribution in [3.63, 3.8) is 0 Å². The molecule has 2 N–H and O–H groups in total. The normalized spacial score (nSPS) is 26.0. The zero-order chi connectivity index (χ0) is 9.19. The predicted molar refractivity (Wildman–Crippen MR) is 48.0 cm³/mol. The first kappa shape index (κ1) is 9.96. The summed E-state index contributed by atoms with van der Waals surface area (Å²) in [5.74, 6) is 0. The second-order valence-electron chi connectivity index (χ2n) is 4.20. The first-order chi connectivity index (χ1) is 5.56. The summed E-state index contributed by atoms with van der Waals surface area (Å²) in [6.07, 6.45) is 1.80. The zero-order valence-corrected chi connectivity index (χ0v) is 7.95.